The van der Waals surface area contributed by atoms with E-state index in [-0.39, 0.29) is 30.2 Å². The summed E-state index contributed by atoms with van der Waals surface area (Å²) < 4.78 is 31.7. The normalized spacial score (nSPS) is 35.9. The Bertz CT molecular complexity index is 500. The number of rotatable bonds is 8. The molecule has 3 fully saturated rings. The zero-order valence-electron chi connectivity index (χ0n) is 16.1. The number of esters is 1. The SMILES string of the molecule is CCCCC(F)C/C(=C\C1C2CC(=O)OC2C[C@@H]1C)OC1CCCCO1. The van der Waals surface area contributed by atoms with Gasteiger partial charge in [0.2, 0.25) is 0 Å². The van der Waals surface area contributed by atoms with Crippen LogP contribution in [0.4, 0.5) is 4.39 Å². The summed E-state index contributed by atoms with van der Waals surface area (Å²) in [7, 11) is 0. The maximum atomic E-state index is 14.5. The molecule has 3 rings (SSSR count). The molecule has 0 amide bonds. The number of hydrogen-bond acceptors (Lipinski definition) is 4. The van der Waals surface area contributed by atoms with Crippen LogP contribution in [0.1, 0.15) is 71.6 Å². The fourth-order valence-electron chi connectivity index (χ4n) is 4.56. The van der Waals surface area contributed by atoms with Gasteiger partial charge in [0, 0.05) is 18.8 Å². The van der Waals surface area contributed by atoms with E-state index in [2.05, 4.69) is 19.9 Å². The van der Waals surface area contributed by atoms with Crippen molar-refractivity contribution in [2.45, 2.75) is 90.2 Å². The fraction of sp³-hybridized carbons (Fsp3) is 0.857. The predicted octanol–water partition coefficient (Wildman–Crippen LogP) is 4.92. The van der Waals surface area contributed by atoms with Crippen LogP contribution < -0.4 is 0 Å². The smallest absolute Gasteiger partial charge is 0.306 e. The van der Waals surface area contributed by atoms with E-state index >= 15 is 0 Å². The molecule has 26 heavy (non-hydrogen) atoms. The highest BCUT2D eigenvalue weighted by molar-refractivity contribution is 5.72. The Balaban J connectivity index is 1.70. The van der Waals surface area contributed by atoms with Gasteiger partial charge in [-0.3, -0.25) is 4.79 Å². The zero-order chi connectivity index (χ0) is 18.5. The first-order valence-corrected chi connectivity index (χ1v) is 10.4. The second-order valence-electron chi connectivity index (χ2n) is 8.18. The summed E-state index contributed by atoms with van der Waals surface area (Å²) in [6.45, 7) is 4.97. The topological polar surface area (TPSA) is 44.8 Å². The van der Waals surface area contributed by atoms with Crippen molar-refractivity contribution < 1.29 is 23.4 Å². The van der Waals surface area contributed by atoms with Gasteiger partial charge in [-0.1, -0.05) is 26.7 Å². The molecule has 0 aromatic carbocycles. The minimum Gasteiger partial charge on any atom is -0.470 e. The third-order valence-electron chi connectivity index (χ3n) is 6.01. The van der Waals surface area contributed by atoms with Gasteiger partial charge in [0.05, 0.1) is 18.8 Å². The minimum atomic E-state index is -0.890. The molecule has 0 aromatic rings. The second-order valence-corrected chi connectivity index (χ2v) is 8.18. The molecule has 0 N–H and O–H groups in total. The van der Waals surface area contributed by atoms with E-state index in [1.54, 1.807) is 0 Å². The van der Waals surface area contributed by atoms with Gasteiger partial charge in [0.1, 0.15) is 12.3 Å². The lowest BCUT2D eigenvalue weighted by molar-refractivity contribution is -0.142. The molecular weight excluding hydrogens is 335 g/mol. The Hall–Kier alpha value is -1.10. The van der Waals surface area contributed by atoms with E-state index in [4.69, 9.17) is 14.2 Å². The van der Waals surface area contributed by atoms with Gasteiger partial charge in [-0.2, -0.15) is 0 Å². The van der Waals surface area contributed by atoms with Crippen molar-refractivity contribution >= 4 is 5.97 Å². The molecule has 2 aliphatic heterocycles. The van der Waals surface area contributed by atoms with Crippen LogP contribution in [0.5, 0.6) is 0 Å². The molecule has 1 saturated carbocycles. The molecule has 4 nitrogen and oxygen atoms in total. The molecule has 5 heteroatoms. The lowest BCUT2D eigenvalue weighted by atomic mass is 9.87. The van der Waals surface area contributed by atoms with Gasteiger partial charge >= 0.3 is 5.97 Å². The number of carbonyl (C=O) groups is 1. The first kappa shape index (κ1) is 19.7. The van der Waals surface area contributed by atoms with Crippen LogP contribution in [0, 0.1) is 17.8 Å². The van der Waals surface area contributed by atoms with Crippen molar-refractivity contribution in [3.05, 3.63) is 11.8 Å². The number of allylic oxidation sites excluding steroid dienone is 2. The molecule has 6 atom stereocenters. The third kappa shape index (κ3) is 4.99. The summed E-state index contributed by atoms with van der Waals surface area (Å²) >= 11 is 0. The Morgan fingerprint density at radius 2 is 2.27 bits per heavy atom. The van der Waals surface area contributed by atoms with Gasteiger partial charge in [-0.05, 0) is 43.6 Å². The van der Waals surface area contributed by atoms with Crippen molar-refractivity contribution in [1.29, 1.82) is 0 Å². The molecule has 1 aliphatic carbocycles. The highest BCUT2D eigenvalue weighted by Crippen LogP contribution is 2.46. The maximum absolute atomic E-state index is 14.5. The number of ether oxygens (including phenoxy) is 3. The Kier molecular flexibility index (Phi) is 6.96. The summed E-state index contributed by atoms with van der Waals surface area (Å²) in [6, 6.07) is 0. The highest BCUT2D eigenvalue weighted by atomic mass is 19.1. The average Bonchev–Trinajstić information content (AvgIpc) is 3.10. The van der Waals surface area contributed by atoms with Crippen LogP contribution in [0.15, 0.2) is 11.8 Å². The summed E-state index contributed by atoms with van der Waals surface area (Å²) in [5, 5.41) is 0. The largest absolute Gasteiger partial charge is 0.470 e. The van der Waals surface area contributed by atoms with E-state index < -0.39 is 6.17 Å². The molecule has 0 aromatic heterocycles. The Labute approximate surface area is 156 Å². The van der Waals surface area contributed by atoms with Gasteiger partial charge in [0.25, 0.3) is 0 Å². The van der Waals surface area contributed by atoms with Crippen LogP contribution in [-0.2, 0) is 19.0 Å². The summed E-state index contributed by atoms with van der Waals surface area (Å²) in [5.74, 6) is 1.44. The Morgan fingerprint density at radius 3 is 3.00 bits per heavy atom. The second kappa shape index (κ2) is 9.20. The predicted molar refractivity (Wildman–Crippen MR) is 97.1 cm³/mol. The maximum Gasteiger partial charge on any atom is 0.306 e. The lowest BCUT2D eigenvalue weighted by Gasteiger charge is -2.27. The van der Waals surface area contributed by atoms with Crippen molar-refractivity contribution in [1.82, 2.24) is 0 Å². The molecule has 5 unspecified atom stereocenters. The zero-order valence-corrected chi connectivity index (χ0v) is 16.1. The van der Waals surface area contributed by atoms with Crippen molar-refractivity contribution in [3.63, 3.8) is 0 Å². The summed E-state index contributed by atoms with van der Waals surface area (Å²) in [4.78, 5) is 11.7. The van der Waals surface area contributed by atoms with Crippen molar-refractivity contribution in [3.8, 4) is 0 Å². The fourth-order valence-corrected chi connectivity index (χ4v) is 4.56. The minimum absolute atomic E-state index is 0.0206. The number of fused-ring (bicyclic) bond motifs is 1. The number of carbonyl (C=O) groups excluding carboxylic acids is 1. The molecular formula is C21H33FO4. The highest BCUT2D eigenvalue weighted by Gasteiger charge is 2.47. The molecule has 0 bridgehead atoms. The Morgan fingerprint density at radius 1 is 1.42 bits per heavy atom. The number of unbranched alkanes of at least 4 members (excludes halogenated alkanes) is 1. The third-order valence-corrected chi connectivity index (χ3v) is 6.01. The monoisotopic (exact) mass is 368 g/mol. The van der Waals surface area contributed by atoms with Crippen LogP contribution in [0.25, 0.3) is 0 Å². The van der Waals surface area contributed by atoms with E-state index in [1.807, 2.05) is 0 Å². The van der Waals surface area contributed by atoms with E-state index in [0.717, 1.165) is 38.5 Å². The van der Waals surface area contributed by atoms with Crippen molar-refractivity contribution in [2.24, 2.45) is 17.8 Å². The van der Waals surface area contributed by atoms with Gasteiger partial charge in [0.15, 0.2) is 6.29 Å². The van der Waals surface area contributed by atoms with Gasteiger partial charge in [-0.25, -0.2) is 4.39 Å². The van der Waals surface area contributed by atoms with Gasteiger partial charge < -0.3 is 14.2 Å². The molecule has 2 saturated heterocycles. The van der Waals surface area contributed by atoms with Crippen LogP contribution in [0.3, 0.4) is 0 Å². The lowest BCUT2D eigenvalue weighted by Crippen LogP contribution is -2.24. The van der Waals surface area contributed by atoms with E-state index in [9.17, 15) is 9.18 Å². The van der Waals surface area contributed by atoms with Crippen LogP contribution in [-0.4, -0.2) is 31.1 Å². The van der Waals surface area contributed by atoms with Crippen LogP contribution in [0.2, 0.25) is 0 Å². The van der Waals surface area contributed by atoms with Crippen molar-refractivity contribution in [2.75, 3.05) is 6.61 Å². The standard InChI is InChI=1S/C21H33FO4/c1-3-4-7-15(22)11-16(25-21-8-5-6-9-24-21)12-17-14(2)10-19-18(17)13-20(23)26-19/h12,14-15,17-19,21H,3-11,13H2,1-2H3/b16-12+/t14-,15?,17?,18?,19?,21?/m0/s1. The number of alkyl halides is 1. The summed E-state index contributed by atoms with van der Waals surface area (Å²) in [6.07, 6.45) is 8.07. The van der Waals surface area contributed by atoms with E-state index in [0.29, 0.717) is 37.5 Å². The molecule has 0 spiro atoms. The average molecular weight is 368 g/mol. The quantitative estimate of drug-likeness (QED) is 0.451. The summed E-state index contributed by atoms with van der Waals surface area (Å²) in [5.41, 5.74) is 0. The molecule has 0 radical (unpaired) electrons. The number of halogens is 1. The van der Waals surface area contributed by atoms with Gasteiger partial charge in [-0.15, -0.1) is 0 Å². The molecule has 148 valence electrons. The van der Waals surface area contributed by atoms with E-state index in [1.165, 1.54) is 0 Å². The first-order chi connectivity index (χ1) is 12.6. The number of hydrogen-bond donors (Lipinski definition) is 0. The van der Waals surface area contributed by atoms with Crippen LogP contribution >= 0.6 is 0 Å². The molecule has 3 aliphatic rings. The molecule has 2 heterocycles. The first-order valence-electron chi connectivity index (χ1n) is 10.4.